The number of ether oxygens (including phenoxy) is 1. The normalized spacial score (nSPS) is 12.2. The summed E-state index contributed by atoms with van der Waals surface area (Å²) < 4.78 is 6.03. The summed E-state index contributed by atoms with van der Waals surface area (Å²) in [4.78, 5) is 0. The maximum atomic E-state index is 6.03. The predicted octanol–water partition coefficient (Wildman–Crippen LogP) is 4.12. The van der Waals surface area contributed by atoms with Gasteiger partial charge >= 0.3 is 0 Å². The summed E-state index contributed by atoms with van der Waals surface area (Å²) in [5, 5.41) is 0. The summed E-state index contributed by atoms with van der Waals surface area (Å²) in [7, 11) is 0. The number of aryl methyl sites for hydroxylation is 1. The average Bonchev–Trinajstić information content (AvgIpc) is 2.55. The van der Waals surface area contributed by atoms with Crippen molar-refractivity contribution < 1.29 is 4.74 Å². The summed E-state index contributed by atoms with van der Waals surface area (Å²) in [6.07, 6.45) is 4.38. The molecule has 1 unspecified atom stereocenters. The minimum absolute atomic E-state index is 0.182. The fraction of sp³-hybridized carbons (Fsp3) is 0.368. The van der Waals surface area contributed by atoms with E-state index >= 15 is 0 Å². The highest BCUT2D eigenvalue weighted by Gasteiger charge is 2.11. The van der Waals surface area contributed by atoms with Crippen LogP contribution in [0, 0.1) is 0 Å². The van der Waals surface area contributed by atoms with Crippen molar-refractivity contribution in [3.05, 3.63) is 71.8 Å². The molecule has 0 amide bonds. The zero-order chi connectivity index (χ0) is 14.8. The van der Waals surface area contributed by atoms with Gasteiger partial charge in [0.05, 0.1) is 6.10 Å². The summed E-state index contributed by atoms with van der Waals surface area (Å²) in [6, 6.07) is 21.1. The number of benzene rings is 2. The molecule has 0 aromatic heterocycles. The Labute approximate surface area is 127 Å². The smallest absolute Gasteiger partial charge is 0.0825 e. The third-order valence-corrected chi connectivity index (χ3v) is 3.61. The van der Waals surface area contributed by atoms with E-state index in [-0.39, 0.29) is 6.10 Å². The summed E-state index contributed by atoms with van der Waals surface area (Å²) in [5.74, 6) is 0. The van der Waals surface area contributed by atoms with E-state index in [1.165, 1.54) is 11.1 Å². The van der Waals surface area contributed by atoms with E-state index in [9.17, 15) is 0 Å². The zero-order valence-corrected chi connectivity index (χ0v) is 12.6. The van der Waals surface area contributed by atoms with Crippen LogP contribution in [0.25, 0.3) is 0 Å². The lowest BCUT2D eigenvalue weighted by atomic mass is 10.0. The molecule has 2 aromatic rings. The van der Waals surface area contributed by atoms with Crippen LogP contribution in [-0.2, 0) is 11.2 Å². The molecule has 0 radical (unpaired) electrons. The molecular weight excluding hydrogens is 258 g/mol. The number of hydrogen-bond donors (Lipinski definition) is 1. The molecule has 0 spiro atoms. The van der Waals surface area contributed by atoms with Gasteiger partial charge in [-0.25, -0.2) is 0 Å². The van der Waals surface area contributed by atoms with Gasteiger partial charge in [0.1, 0.15) is 0 Å². The summed E-state index contributed by atoms with van der Waals surface area (Å²) in [5.41, 5.74) is 8.21. The SMILES string of the molecule is NCCCOC(CCCc1ccccc1)c1ccccc1. The molecule has 0 fully saturated rings. The molecule has 2 rings (SSSR count). The van der Waals surface area contributed by atoms with Crippen LogP contribution in [0.1, 0.15) is 36.5 Å². The van der Waals surface area contributed by atoms with E-state index in [1.54, 1.807) is 0 Å². The summed E-state index contributed by atoms with van der Waals surface area (Å²) >= 11 is 0. The third kappa shape index (κ3) is 5.70. The Hall–Kier alpha value is -1.64. The van der Waals surface area contributed by atoms with E-state index in [0.29, 0.717) is 6.54 Å². The average molecular weight is 283 g/mol. The molecule has 0 saturated carbocycles. The van der Waals surface area contributed by atoms with Gasteiger partial charge in [0.25, 0.3) is 0 Å². The van der Waals surface area contributed by atoms with Crippen molar-refractivity contribution in [2.75, 3.05) is 13.2 Å². The quantitative estimate of drug-likeness (QED) is 0.703. The molecule has 0 aliphatic heterocycles. The number of rotatable bonds is 9. The van der Waals surface area contributed by atoms with Crippen molar-refractivity contribution in [2.45, 2.75) is 31.8 Å². The largest absolute Gasteiger partial charge is 0.373 e. The molecular formula is C19H25NO. The van der Waals surface area contributed by atoms with Crippen molar-refractivity contribution in [1.82, 2.24) is 0 Å². The Kier molecular flexibility index (Phi) is 6.99. The molecule has 2 N–H and O–H groups in total. The molecule has 0 bridgehead atoms. The highest BCUT2D eigenvalue weighted by Crippen LogP contribution is 2.23. The van der Waals surface area contributed by atoms with Crippen LogP contribution in [0.15, 0.2) is 60.7 Å². The zero-order valence-electron chi connectivity index (χ0n) is 12.6. The van der Waals surface area contributed by atoms with Crippen LogP contribution < -0.4 is 5.73 Å². The van der Waals surface area contributed by atoms with Gasteiger partial charge in [-0.2, -0.15) is 0 Å². The number of nitrogens with two attached hydrogens (primary N) is 1. The van der Waals surface area contributed by atoms with E-state index in [1.807, 2.05) is 6.07 Å². The van der Waals surface area contributed by atoms with Gasteiger partial charge in [-0.3, -0.25) is 0 Å². The molecule has 0 aliphatic rings. The lowest BCUT2D eigenvalue weighted by molar-refractivity contribution is 0.0447. The Bertz CT molecular complexity index is 483. The molecule has 2 nitrogen and oxygen atoms in total. The van der Waals surface area contributed by atoms with Crippen LogP contribution in [0.4, 0.5) is 0 Å². The Morgan fingerprint density at radius 3 is 2.19 bits per heavy atom. The van der Waals surface area contributed by atoms with Gasteiger partial charge in [0.2, 0.25) is 0 Å². The summed E-state index contributed by atoms with van der Waals surface area (Å²) in [6.45, 7) is 1.42. The molecule has 2 heteroatoms. The van der Waals surface area contributed by atoms with Crippen molar-refractivity contribution in [2.24, 2.45) is 5.73 Å². The molecule has 2 aromatic carbocycles. The van der Waals surface area contributed by atoms with Gasteiger partial charge in [0, 0.05) is 6.61 Å². The van der Waals surface area contributed by atoms with Crippen molar-refractivity contribution in [3.63, 3.8) is 0 Å². The first-order valence-corrected chi connectivity index (χ1v) is 7.80. The second-order valence-corrected chi connectivity index (χ2v) is 5.29. The predicted molar refractivity (Wildman–Crippen MR) is 88.2 cm³/mol. The molecule has 112 valence electrons. The van der Waals surface area contributed by atoms with E-state index in [2.05, 4.69) is 54.6 Å². The highest BCUT2D eigenvalue weighted by molar-refractivity contribution is 5.18. The molecule has 1 atom stereocenters. The highest BCUT2D eigenvalue weighted by atomic mass is 16.5. The van der Waals surface area contributed by atoms with Gasteiger partial charge in [0.15, 0.2) is 0 Å². The standard InChI is InChI=1S/C19H25NO/c20-15-8-16-21-19(18-12-5-2-6-13-18)14-7-11-17-9-3-1-4-10-17/h1-6,9-10,12-13,19H,7-8,11,14-16,20H2. The van der Waals surface area contributed by atoms with Crippen LogP contribution in [0.2, 0.25) is 0 Å². The third-order valence-electron chi connectivity index (χ3n) is 3.61. The molecule has 0 saturated heterocycles. The van der Waals surface area contributed by atoms with Crippen LogP contribution in [0.3, 0.4) is 0 Å². The maximum Gasteiger partial charge on any atom is 0.0825 e. The van der Waals surface area contributed by atoms with Gasteiger partial charge in [-0.1, -0.05) is 60.7 Å². The topological polar surface area (TPSA) is 35.2 Å². The van der Waals surface area contributed by atoms with Gasteiger partial charge < -0.3 is 10.5 Å². The van der Waals surface area contributed by atoms with Crippen LogP contribution >= 0.6 is 0 Å². The second kappa shape index (κ2) is 9.32. The van der Waals surface area contributed by atoms with Crippen molar-refractivity contribution >= 4 is 0 Å². The Morgan fingerprint density at radius 1 is 0.857 bits per heavy atom. The van der Waals surface area contributed by atoms with E-state index < -0.39 is 0 Å². The Morgan fingerprint density at radius 2 is 1.52 bits per heavy atom. The lowest BCUT2D eigenvalue weighted by Crippen LogP contribution is -2.09. The van der Waals surface area contributed by atoms with Gasteiger partial charge in [-0.05, 0) is 43.4 Å². The maximum absolute atomic E-state index is 6.03. The van der Waals surface area contributed by atoms with Crippen molar-refractivity contribution in [3.8, 4) is 0 Å². The Balaban J connectivity index is 1.86. The first-order chi connectivity index (χ1) is 10.4. The fourth-order valence-corrected chi connectivity index (χ4v) is 2.46. The molecule has 0 aliphatic carbocycles. The van der Waals surface area contributed by atoms with Crippen molar-refractivity contribution in [1.29, 1.82) is 0 Å². The first-order valence-electron chi connectivity index (χ1n) is 7.80. The number of hydrogen-bond acceptors (Lipinski definition) is 2. The second-order valence-electron chi connectivity index (χ2n) is 5.29. The molecule has 21 heavy (non-hydrogen) atoms. The minimum Gasteiger partial charge on any atom is -0.373 e. The van der Waals surface area contributed by atoms with Crippen LogP contribution in [0.5, 0.6) is 0 Å². The molecule has 0 heterocycles. The van der Waals surface area contributed by atoms with E-state index in [0.717, 1.165) is 32.3 Å². The van der Waals surface area contributed by atoms with Gasteiger partial charge in [-0.15, -0.1) is 0 Å². The monoisotopic (exact) mass is 283 g/mol. The lowest BCUT2D eigenvalue weighted by Gasteiger charge is -2.18. The first kappa shape index (κ1) is 15.7. The van der Waals surface area contributed by atoms with Crippen LogP contribution in [-0.4, -0.2) is 13.2 Å². The van der Waals surface area contributed by atoms with E-state index in [4.69, 9.17) is 10.5 Å². The fourth-order valence-electron chi connectivity index (χ4n) is 2.46. The minimum atomic E-state index is 0.182.